The summed E-state index contributed by atoms with van der Waals surface area (Å²) in [6, 6.07) is 0. The maximum absolute atomic E-state index is 5.69. The van der Waals surface area contributed by atoms with Gasteiger partial charge in [-0.2, -0.15) is 0 Å². The second-order valence-electron chi connectivity index (χ2n) is 3.35. The highest BCUT2D eigenvalue weighted by molar-refractivity contribution is 7.09. The van der Waals surface area contributed by atoms with Gasteiger partial charge in [0.15, 0.2) is 0 Å². The summed E-state index contributed by atoms with van der Waals surface area (Å²) in [7, 11) is 0. The van der Waals surface area contributed by atoms with E-state index in [-0.39, 0.29) is 0 Å². The van der Waals surface area contributed by atoms with Gasteiger partial charge in [-0.15, -0.1) is 22.9 Å². The Morgan fingerprint density at radius 1 is 1.46 bits per heavy atom. The normalized spacial score (nSPS) is 18.2. The molecule has 0 aliphatic carbocycles. The van der Waals surface area contributed by atoms with Crippen molar-refractivity contribution in [2.45, 2.75) is 25.3 Å². The van der Waals surface area contributed by atoms with Crippen molar-refractivity contribution in [1.82, 2.24) is 9.88 Å². The van der Waals surface area contributed by atoms with Crippen LogP contribution in [0.25, 0.3) is 0 Å². The number of hydrogen-bond acceptors (Lipinski definition) is 3. The number of halogens is 1. The van der Waals surface area contributed by atoms with E-state index in [1.807, 2.05) is 0 Å². The summed E-state index contributed by atoms with van der Waals surface area (Å²) in [4.78, 5) is 6.89. The van der Waals surface area contributed by atoms with E-state index < -0.39 is 0 Å². The van der Waals surface area contributed by atoms with E-state index in [2.05, 4.69) is 15.3 Å². The molecule has 0 N–H and O–H groups in total. The Labute approximate surface area is 87.5 Å². The molecule has 1 fully saturated rings. The Balaban J connectivity index is 1.92. The quantitative estimate of drug-likeness (QED) is 0.722. The molecule has 1 aliphatic rings. The van der Waals surface area contributed by atoms with Crippen molar-refractivity contribution in [2.24, 2.45) is 0 Å². The SMILES string of the molecule is ClCc1csc(CN2CCCC2)n1. The van der Waals surface area contributed by atoms with E-state index in [0.717, 1.165) is 12.2 Å². The van der Waals surface area contributed by atoms with E-state index in [0.29, 0.717) is 5.88 Å². The smallest absolute Gasteiger partial charge is 0.107 e. The third-order valence-corrected chi connectivity index (χ3v) is 3.45. The minimum absolute atomic E-state index is 0.538. The van der Waals surface area contributed by atoms with E-state index in [4.69, 9.17) is 11.6 Å². The third-order valence-electron chi connectivity index (χ3n) is 2.29. The van der Waals surface area contributed by atoms with Gasteiger partial charge in [0.05, 0.1) is 18.1 Å². The molecule has 0 unspecified atom stereocenters. The summed E-state index contributed by atoms with van der Waals surface area (Å²) in [6.07, 6.45) is 2.68. The molecule has 1 aliphatic heterocycles. The predicted molar refractivity (Wildman–Crippen MR) is 56.2 cm³/mol. The second kappa shape index (κ2) is 4.40. The van der Waals surface area contributed by atoms with Gasteiger partial charge >= 0.3 is 0 Å². The van der Waals surface area contributed by atoms with Gasteiger partial charge in [0.1, 0.15) is 5.01 Å². The zero-order valence-corrected chi connectivity index (χ0v) is 9.07. The second-order valence-corrected chi connectivity index (χ2v) is 4.56. The van der Waals surface area contributed by atoms with Gasteiger partial charge in [-0.3, -0.25) is 4.90 Å². The van der Waals surface area contributed by atoms with Crippen molar-refractivity contribution < 1.29 is 0 Å². The molecule has 0 atom stereocenters. The topological polar surface area (TPSA) is 16.1 Å². The molecule has 2 nitrogen and oxygen atoms in total. The molecule has 4 heteroatoms. The molecular formula is C9H13ClN2S. The molecule has 2 rings (SSSR count). The van der Waals surface area contributed by atoms with Crippen molar-refractivity contribution >= 4 is 22.9 Å². The molecular weight excluding hydrogens is 204 g/mol. The molecule has 0 aromatic carbocycles. The highest BCUT2D eigenvalue weighted by Crippen LogP contribution is 2.16. The average molecular weight is 217 g/mol. The van der Waals surface area contributed by atoms with Crippen LogP contribution in [0.2, 0.25) is 0 Å². The Bertz CT molecular complexity index is 268. The van der Waals surface area contributed by atoms with Gasteiger partial charge in [-0.1, -0.05) is 0 Å². The van der Waals surface area contributed by atoms with E-state index >= 15 is 0 Å². The summed E-state index contributed by atoms with van der Waals surface area (Å²) in [5, 5.41) is 3.26. The lowest BCUT2D eigenvalue weighted by molar-refractivity contribution is 0.330. The van der Waals surface area contributed by atoms with Gasteiger partial charge in [-0.05, 0) is 25.9 Å². The van der Waals surface area contributed by atoms with E-state index in [9.17, 15) is 0 Å². The summed E-state index contributed by atoms with van der Waals surface area (Å²) >= 11 is 7.41. The molecule has 1 aromatic heterocycles. The lowest BCUT2D eigenvalue weighted by atomic mass is 10.4. The van der Waals surface area contributed by atoms with Crippen LogP contribution in [0, 0.1) is 0 Å². The first-order valence-corrected chi connectivity index (χ1v) is 6.01. The zero-order valence-electron chi connectivity index (χ0n) is 7.50. The minimum Gasteiger partial charge on any atom is -0.297 e. The largest absolute Gasteiger partial charge is 0.297 e. The first-order valence-electron chi connectivity index (χ1n) is 4.60. The molecule has 72 valence electrons. The van der Waals surface area contributed by atoms with Crippen molar-refractivity contribution in [3.05, 3.63) is 16.1 Å². The maximum Gasteiger partial charge on any atom is 0.107 e. The lowest BCUT2D eigenvalue weighted by Crippen LogP contribution is -2.18. The van der Waals surface area contributed by atoms with Crippen LogP contribution in [-0.4, -0.2) is 23.0 Å². The Kier molecular flexibility index (Phi) is 3.19. The van der Waals surface area contributed by atoms with Crippen LogP contribution in [0.1, 0.15) is 23.5 Å². The highest BCUT2D eigenvalue weighted by Gasteiger charge is 2.13. The van der Waals surface area contributed by atoms with Crippen LogP contribution in [-0.2, 0) is 12.4 Å². The summed E-state index contributed by atoms with van der Waals surface area (Å²) in [5.74, 6) is 0.538. The molecule has 0 saturated carbocycles. The molecule has 2 heterocycles. The number of alkyl halides is 1. The molecule has 1 saturated heterocycles. The number of rotatable bonds is 3. The number of likely N-dealkylation sites (tertiary alicyclic amines) is 1. The van der Waals surface area contributed by atoms with Gasteiger partial charge in [0.2, 0.25) is 0 Å². The fraction of sp³-hybridized carbons (Fsp3) is 0.667. The number of nitrogens with zero attached hydrogens (tertiary/aromatic N) is 2. The average Bonchev–Trinajstić information content (AvgIpc) is 2.76. The fourth-order valence-corrected chi connectivity index (χ4v) is 2.68. The van der Waals surface area contributed by atoms with Crippen LogP contribution >= 0.6 is 22.9 Å². The zero-order chi connectivity index (χ0) is 9.10. The number of hydrogen-bond donors (Lipinski definition) is 0. The van der Waals surface area contributed by atoms with Gasteiger partial charge < -0.3 is 0 Å². The van der Waals surface area contributed by atoms with Crippen LogP contribution in [0.4, 0.5) is 0 Å². The summed E-state index contributed by atoms with van der Waals surface area (Å²) < 4.78 is 0. The van der Waals surface area contributed by atoms with Crippen molar-refractivity contribution in [3.63, 3.8) is 0 Å². The van der Waals surface area contributed by atoms with Crippen LogP contribution in [0.5, 0.6) is 0 Å². The van der Waals surface area contributed by atoms with Crippen molar-refractivity contribution in [3.8, 4) is 0 Å². The molecule has 0 radical (unpaired) electrons. The fourth-order valence-electron chi connectivity index (χ4n) is 1.61. The molecule has 1 aromatic rings. The maximum atomic E-state index is 5.69. The molecule has 0 bridgehead atoms. The van der Waals surface area contributed by atoms with Gasteiger partial charge in [0, 0.05) is 5.38 Å². The predicted octanol–water partition coefficient (Wildman–Crippen LogP) is 2.48. The minimum atomic E-state index is 0.538. The Hall–Kier alpha value is -0.120. The number of aromatic nitrogens is 1. The Morgan fingerprint density at radius 3 is 2.85 bits per heavy atom. The Morgan fingerprint density at radius 2 is 2.23 bits per heavy atom. The van der Waals surface area contributed by atoms with Crippen LogP contribution < -0.4 is 0 Å². The highest BCUT2D eigenvalue weighted by atomic mass is 35.5. The van der Waals surface area contributed by atoms with Gasteiger partial charge in [0.25, 0.3) is 0 Å². The lowest BCUT2D eigenvalue weighted by Gasteiger charge is -2.11. The summed E-state index contributed by atoms with van der Waals surface area (Å²) in [6.45, 7) is 3.48. The monoisotopic (exact) mass is 216 g/mol. The first kappa shape index (κ1) is 9.44. The number of thiazole rings is 1. The molecule has 0 amide bonds. The molecule has 0 spiro atoms. The van der Waals surface area contributed by atoms with E-state index in [1.54, 1.807) is 11.3 Å². The molecule has 13 heavy (non-hydrogen) atoms. The van der Waals surface area contributed by atoms with Crippen LogP contribution in [0.3, 0.4) is 0 Å². The van der Waals surface area contributed by atoms with Crippen molar-refractivity contribution in [2.75, 3.05) is 13.1 Å². The summed E-state index contributed by atoms with van der Waals surface area (Å²) in [5.41, 5.74) is 1.01. The first-order chi connectivity index (χ1) is 6.38. The van der Waals surface area contributed by atoms with Crippen LogP contribution in [0.15, 0.2) is 5.38 Å². The van der Waals surface area contributed by atoms with E-state index in [1.165, 1.54) is 30.9 Å². The third kappa shape index (κ3) is 2.42. The van der Waals surface area contributed by atoms with Gasteiger partial charge in [-0.25, -0.2) is 4.98 Å². The standard InChI is InChI=1S/C9H13ClN2S/c10-5-8-7-13-9(11-8)6-12-3-1-2-4-12/h7H,1-6H2. The van der Waals surface area contributed by atoms with Crippen molar-refractivity contribution in [1.29, 1.82) is 0 Å².